The van der Waals surface area contributed by atoms with Crippen LogP contribution in [0.3, 0.4) is 0 Å². The van der Waals surface area contributed by atoms with Crippen molar-refractivity contribution in [2.45, 2.75) is 13.8 Å². The second-order valence-corrected chi connectivity index (χ2v) is 3.32. The van der Waals surface area contributed by atoms with E-state index in [-0.39, 0.29) is 5.56 Å². The van der Waals surface area contributed by atoms with Gasteiger partial charge in [-0.2, -0.15) is 0 Å². The number of benzene rings is 1. The van der Waals surface area contributed by atoms with E-state index >= 15 is 0 Å². The fourth-order valence-electron chi connectivity index (χ4n) is 1.53. The van der Waals surface area contributed by atoms with Crippen LogP contribution in [0.4, 0.5) is 0 Å². The number of H-pyrrole nitrogens is 1. The monoisotopic (exact) mass is 235 g/mol. The van der Waals surface area contributed by atoms with E-state index in [0.29, 0.717) is 35.6 Å². The molecule has 0 fully saturated rings. The number of hydrogen-bond donors (Lipinski definition) is 1. The molecule has 2 rings (SSSR count). The van der Waals surface area contributed by atoms with Crippen molar-refractivity contribution in [3.63, 3.8) is 0 Å². The Morgan fingerprint density at radius 3 is 2.47 bits per heavy atom. The van der Waals surface area contributed by atoms with E-state index in [1.807, 2.05) is 13.8 Å². The molecule has 1 N–H and O–H groups in total. The van der Waals surface area contributed by atoms with Crippen LogP contribution in [0.5, 0.6) is 11.5 Å². The highest BCUT2D eigenvalue weighted by Gasteiger charge is 2.10. The molecule has 2 aromatic rings. The first-order chi connectivity index (χ1) is 8.26. The van der Waals surface area contributed by atoms with Crippen LogP contribution < -0.4 is 15.0 Å². The number of fused-ring (bicyclic) bond motifs is 1. The van der Waals surface area contributed by atoms with Crippen molar-refractivity contribution in [3.05, 3.63) is 22.5 Å². The molecule has 0 unspecified atom stereocenters. The summed E-state index contributed by atoms with van der Waals surface area (Å²) in [5, 5.41) is 10.1. The van der Waals surface area contributed by atoms with Gasteiger partial charge in [0.2, 0.25) is 0 Å². The van der Waals surface area contributed by atoms with E-state index in [4.69, 9.17) is 9.47 Å². The summed E-state index contributed by atoms with van der Waals surface area (Å²) in [5.41, 5.74) is 0.194. The van der Waals surface area contributed by atoms with E-state index < -0.39 is 0 Å². The lowest BCUT2D eigenvalue weighted by Gasteiger charge is -2.10. The van der Waals surface area contributed by atoms with Crippen molar-refractivity contribution in [1.82, 2.24) is 15.4 Å². The second-order valence-electron chi connectivity index (χ2n) is 3.32. The van der Waals surface area contributed by atoms with Gasteiger partial charge in [-0.05, 0) is 19.9 Å². The number of rotatable bonds is 4. The number of aromatic amines is 1. The lowest BCUT2D eigenvalue weighted by Crippen LogP contribution is -2.10. The van der Waals surface area contributed by atoms with Crippen molar-refractivity contribution in [1.29, 1.82) is 0 Å². The first-order valence-electron chi connectivity index (χ1n) is 5.41. The maximum atomic E-state index is 11.5. The number of hydrogen-bond acceptors (Lipinski definition) is 5. The number of aromatic nitrogens is 3. The van der Waals surface area contributed by atoms with Crippen LogP contribution in [-0.2, 0) is 0 Å². The van der Waals surface area contributed by atoms with Gasteiger partial charge < -0.3 is 9.47 Å². The van der Waals surface area contributed by atoms with Crippen LogP contribution in [0.25, 0.3) is 10.9 Å². The highest BCUT2D eigenvalue weighted by molar-refractivity contribution is 5.81. The van der Waals surface area contributed by atoms with Gasteiger partial charge >= 0.3 is 0 Å². The topological polar surface area (TPSA) is 77.1 Å². The quantitative estimate of drug-likeness (QED) is 0.859. The molecule has 0 radical (unpaired) electrons. The SMILES string of the molecule is CCOc1cc2nn[nH]c(=O)c2cc1OCC. The summed E-state index contributed by atoms with van der Waals surface area (Å²) in [6.45, 7) is 4.77. The van der Waals surface area contributed by atoms with Gasteiger partial charge in [0.1, 0.15) is 5.52 Å². The van der Waals surface area contributed by atoms with Crippen LogP contribution >= 0.6 is 0 Å². The van der Waals surface area contributed by atoms with E-state index in [1.165, 1.54) is 0 Å². The molecule has 0 bridgehead atoms. The van der Waals surface area contributed by atoms with E-state index in [1.54, 1.807) is 12.1 Å². The van der Waals surface area contributed by atoms with Gasteiger partial charge in [0.05, 0.1) is 18.6 Å². The third-order valence-corrected chi connectivity index (χ3v) is 2.22. The fraction of sp³-hybridized carbons (Fsp3) is 0.364. The van der Waals surface area contributed by atoms with Gasteiger partial charge in [0, 0.05) is 6.07 Å². The molecule has 0 amide bonds. The van der Waals surface area contributed by atoms with E-state index in [0.717, 1.165) is 0 Å². The molecular formula is C11H13N3O3. The normalized spacial score (nSPS) is 10.5. The third-order valence-electron chi connectivity index (χ3n) is 2.22. The minimum absolute atomic E-state index is 0.293. The highest BCUT2D eigenvalue weighted by Crippen LogP contribution is 2.30. The summed E-state index contributed by atoms with van der Waals surface area (Å²) in [5.74, 6) is 1.11. The molecule has 1 aromatic carbocycles. The highest BCUT2D eigenvalue weighted by atomic mass is 16.5. The minimum atomic E-state index is -0.293. The molecule has 0 aliphatic carbocycles. The van der Waals surface area contributed by atoms with Crippen LogP contribution in [0, 0.1) is 0 Å². The van der Waals surface area contributed by atoms with Crippen LogP contribution in [-0.4, -0.2) is 28.6 Å². The van der Waals surface area contributed by atoms with Gasteiger partial charge in [-0.1, -0.05) is 5.21 Å². The van der Waals surface area contributed by atoms with Crippen LogP contribution in [0.15, 0.2) is 16.9 Å². The predicted molar refractivity (Wildman–Crippen MR) is 62.5 cm³/mol. The van der Waals surface area contributed by atoms with Crippen molar-refractivity contribution < 1.29 is 9.47 Å². The molecule has 0 saturated heterocycles. The van der Waals surface area contributed by atoms with E-state index in [2.05, 4.69) is 15.4 Å². The number of ether oxygens (including phenoxy) is 2. The molecule has 0 aliphatic rings. The maximum absolute atomic E-state index is 11.5. The Balaban J connectivity index is 2.63. The zero-order valence-electron chi connectivity index (χ0n) is 9.69. The Hall–Kier alpha value is -2.11. The molecule has 0 saturated carbocycles. The van der Waals surface area contributed by atoms with Crippen molar-refractivity contribution in [2.24, 2.45) is 0 Å². The molecule has 90 valence electrons. The Kier molecular flexibility index (Phi) is 3.22. The van der Waals surface area contributed by atoms with Crippen molar-refractivity contribution >= 4 is 10.9 Å². The van der Waals surface area contributed by atoms with E-state index in [9.17, 15) is 4.79 Å². The lowest BCUT2D eigenvalue weighted by atomic mass is 10.2. The van der Waals surface area contributed by atoms with Crippen LogP contribution in [0.1, 0.15) is 13.8 Å². The molecule has 0 aliphatic heterocycles. The molecule has 6 nitrogen and oxygen atoms in total. The molecule has 1 heterocycles. The van der Waals surface area contributed by atoms with Crippen molar-refractivity contribution in [3.8, 4) is 11.5 Å². The summed E-state index contributed by atoms with van der Waals surface area (Å²) in [7, 11) is 0. The van der Waals surface area contributed by atoms with Crippen LogP contribution in [0.2, 0.25) is 0 Å². The molecule has 17 heavy (non-hydrogen) atoms. The summed E-state index contributed by atoms with van der Waals surface area (Å²) >= 11 is 0. The molecule has 0 atom stereocenters. The lowest BCUT2D eigenvalue weighted by molar-refractivity contribution is 0.288. The average Bonchev–Trinajstić information content (AvgIpc) is 2.32. The summed E-state index contributed by atoms with van der Waals surface area (Å²) in [6, 6.07) is 3.28. The Labute approximate surface area is 97.6 Å². The number of nitrogens with one attached hydrogen (secondary N) is 1. The molecule has 0 spiro atoms. The summed E-state index contributed by atoms with van der Waals surface area (Å²) < 4.78 is 10.9. The number of nitrogens with zero attached hydrogens (tertiary/aromatic N) is 2. The van der Waals surface area contributed by atoms with Gasteiger partial charge in [-0.15, -0.1) is 5.10 Å². The first-order valence-corrected chi connectivity index (χ1v) is 5.41. The van der Waals surface area contributed by atoms with Crippen molar-refractivity contribution in [2.75, 3.05) is 13.2 Å². The van der Waals surface area contributed by atoms with Gasteiger partial charge in [0.25, 0.3) is 5.56 Å². The second kappa shape index (κ2) is 4.82. The standard InChI is InChI=1S/C11H13N3O3/c1-3-16-9-5-7-8(6-10(9)17-4-2)12-14-13-11(7)15/h5-6H,3-4H2,1-2H3,(H,12,13,15). The zero-order chi connectivity index (χ0) is 12.3. The maximum Gasteiger partial charge on any atom is 0.275 e. The molecular weight excluding hydrogens is 222 g/mol. The van der Waals surface area contributed by atoms with Gasteiger partial charge in [-0.3, -0.25) is 4.79 Å². The summed E-state index contributed by atoms with van der Waals surface area (Å²) in [4.78, 5) is 11.5. The Morgan fingerprint density at radius 2 is 1.82 bits per heavy atom. The van der Waals surface area contributed by atoms with Gasteiger partial charge in [0.15, 0.2) is 11.5 Å². The average molecular weight is 235 g/mol. The minimum Gasteiger partial charge on any atom is -0.490 e. The smallest absolute Gasteiger partial charge is 0.275 e. The predicted octanol–water partition coefficient (Wildman–Crippen LogP) is 1.12. The molecule has 1 aromatic heterocycles. The largest absolute Gasteiger partial charge is 0.490 e. The fourth-order valence-corrected chi connectivity index (χ4v) is 1.53. The summed E-state index contributed by atoms with van der Waals surface area (Å²) in [6.07, 6.45) is 0. The third kappa shape index (κ3) is 2.20. The Bertz CT molecular complexity index is 580. The first kappa shape index (κ1) is 11.4. The zero-order valence-corrected chi connectivity index (χ0v) is 9.69. The molecule has 6 heteroatoms. The Morgan fingerprint density at radius 1 is 1.18 bits per heavy atom. The van der Waals surface area contributed by atoms with Gasteiger partial charge in [-0.25, -0.2) is 5.10 Å².